The minimum Gasteiger partial charge on any atom is -0.378 e. The van der Waals surface area contributed by atoms with E-state index in [9.17, 15) is 19.7 Å². The molecule has 0 bridgehead atoms. The molecule has 0 N–H and O–H groups in total. The van der Waals surface area contributed by atoms with E-state index in [-0.39, 0.29) is 17.5 Å². The van der Waals surface area contributed by atoms with Crippen molar-refractivity contribution in [2.75, 3.05) is 32.1 Å². The van der Waals surface area contributed by atoms with Gasteiger partial charge in [0.15, 0.2) is 0 Å². The van der Waals surface area contributed by atoms with Crippen LogP contribution in [0.5, 0.6) is 0 Å². The summed E-state index contributed by atoms with van der Waals surface area (Å²) in [6.07, 6.45) is -0.590. The number of anilines is 1. The van der Waals surface area contributed by atoms with Gasteiger partial charge in [0.2, 0.25) is 0 Å². The molecule has 1 unspecified atom stereocenters. The molecule has 0 aromatic heterocycles. The highest BCUT2D eigenvalue weighted by molar-refractivity contribution is 5.98. The lowest BCUT2D eigenvalue weighted by molar-refractivity contribution is -0.384. The van der Waals surface area contributed by atoms with Crippen LogP contribution in [0.3, 0.4) is 0 Å². The zero-order valence-electron chi connectivity index (χ0n) is 19.3. The number of nitro benzene ring substituents is 1. The SMILES string of the molecule is Cc1ccc(C(=O)N2CCN(C(=O)c3ccc([N+](=O)[O-])cc3)C2c2ccc(N(C)C)cc2)cc1. The van der Waals surface area contributed by atoms with Crippen molar-refractivity contribution in [2.24, 2.45) is 0 Å². The molecule has 1 aliphatic heterocycles. The number of rotatable bonds is 5. The van der Waals surface area contributed by atoms with Crippen LogP contribution < -0.4 is 4.90 Å². The first-order chi connectivity index (χ1) is 16.3. The van der Waals surface area contributed by atoms with Crippen molar-refractivity contribution in [3.05, 3.63) is 105 Å². The van der Waals surface area contributed by atoms with Crippen LogP contribution in [-0.4, -0.2) is 53.7 Å². The monoisotopic (exact) mass is 458 g/mol. The van der Waals surface area contributed by atoms with E-state index >= 15 is 0 Å². The van der Waals surface area contributed by atoms with Crippen LogP contribution in [0.1, 0.15) is 38.0 Å². The van der Waals surface area contributed by atoms with Crippen LogP contribution in [-0.2, 0) is 0 Å². The molecule has 4 rings (SSSR count). The first kappa shape index (κ1) is 23.0. The maximum Gasteiger partial charge on any atom is 0.269 e. The van der Waals surface area contributed by atoms with Crippen LogP contribution in [0, 0.1) is 17.0 Å². The molecule has 8 heteroatoms. The first-order valence-electron chi connectivity index (χ1n) is 11.0. The predicted octanol–water partition coefficient (Wildman–Crippen LogP) is 4.27. The molecule has 174 valence electrons. The number of benzene rings is 3. The summed E-state index contributed by atoms with van der Waals surface area (Å²) in [7, 11) is 3.89. The van der Waals surface area contributed by atoms with Crippen molar-refractivity contribution in [2.45, 2.75) is 13.1 Å². The van der Waals surface area contributed by atoms with E-state index in [1.807, 2.05) is 62.3 Å². The molecular weight excluding hydrogens is 432 g/mol. The molecule has 34 heavy (non-hydrogen) atoms. The van der Waals surface area contributed by atoms with E-state index < -0.39 is 11.1 Å². The summed E-state index contributed by atoms with van der Waals surface area (Å²) in [4.78, 5) is 42.7. The van der Waals surface area contributed by atoms with Gasteiger partial charge in [-0.05, 0) is 48.9 Å². The Morgan fingerprint density at radius 1 is 0.824 bits per heavy atom. The van der Waals surface area contributed by atoms with E-state index in [1.54, 1.807) is 21.9 Å². The lowest BCUT2D eigenvalue weighted by Gasteiger charge is -2.31. The number of nitro groups is 1. The molecule has 1 aliphatic rings. The van der Waals surface area contributed by atoms with Gasteiger partial charge < -0.3 is 14.7 Å². The summed E-state index contributed by atoms with van der Waals surface area (Å²) in [6, 6.07) is 20.7. The van der Waals surface area contributed by atoms with E-state index in [0.29, 0.717) is 24.2 Å². The van der Waals surface area contributed by atoms with Crippen LogP contribution in [0.25, 0.3) is 0 Å². The van der Waals surface area contributed by atoms with Gasteiger partial charge in [0, 0.05) is 56.1 Å². The van der Waals surface area contributed by atoms with E-state index in [0.717, 1.165) is 16.8 Å². The normalized spacial score (nSPS) is 15.3. The molecular formula is C26H26N4O4. The molecule has 1 saturated heterocycles. The van der Waals surface area contributed by atoms with Crippen LogP contribution >= 0.6 is 0 Å². The number of carbonyl (C=O) groups excluding carboxylic acids is 2. The van der Waals surface area contributed by atoms with E-state index in [2.05, 4.69) is 0 Å². The lowest BCUT2D eigenvalue weighted by atomic mass is 10.1. The summed E-state index contributed by atoms with van der Waals surface area (Å²) in [5, 5.41) is 11.0. The average Bonchev–Trinajstić information content (AvgIpc) is 3.29. The molecule has 1 heterocycles. The second-order valence-corrected chi connectivity index (χ2v) is 8.53. The topological polar surface area (TPSA) is 87.0 Å². The van der Waals surface area contributed by atoms with Crippen molar-refractivity contribution < 1.29 is 14.5 Å². The van der Waals surface area contributed by atoms with Gasteiger partial charge in [-0.25, -0.2) is 0 Å². The average molecular weight is 459 g/mol. The number of nitrogens with zero attached hydrogens (tertiary/aromatic N) is 4. The van der Waals surface area contributed by atoms with Gasteiger partial charge in [-0.2, -0.15) is 0 Å². The molecule has 0 spiro atoms. The summed E-state index contributed by atoms with van der Waals surface area (Å²) >= 11 is 0. The largest absolute Gasteiger partial charge is 0.378 e. The maximum atomic E-state index is 13.4. The van der Waals surface area contributed by atoms with Crippen molar-refractivity contribution in [3.8, 4) is 0 Å². The zero-order valence-corrected chi connectivity index (χ0v) is 19.3. The maximum absolute atomic E-state index is 13.4. The third-order valence-electron chi connectivity index (χ3n) is 6.03. The summed E-state index contributed by atoms with van der Waals surface area (Å²) in [5.74, 6) is -0.434. The fourth-order valence-corrected chi connectivity index (χ4v) is 4.11. The molecule has 1 atom stereocenters. The standard InChI is InChI=1S/C26H26N4O4/c1-18-4-6-20(7-5-18)25(31)28-16-17-29(24(28)19-8-12-22(13-9-19)27(2)3)26(32)21-10-14-23(15-11-21)30(33)34/h4-15,24H,16-17H2,1-3H3. The summed E-state index contributed by atoms with van der Waals surface area (Å²) < 4.78 is 0. The van der Waals surface area contributed by atoms with Gasteiger partial charge in [0.05, 0.1) is 4.92 Å². The number of hydrogen-bond donors (Lipinski definition) is 0. The molecule has 0 saturated carbocycles. The Morgan fingerprint density at radius 3 is 1.74 bits per heavy atom. The third-order valence-corrected chi connectivity index (χ3v) is 6.03. The highest BCUT2D eigenvalue weighted by atomic mass is 16.6. The molecule has 0 aliphatic carbocycles. The van der Waals surface area contributed by atoms with Gasteiger partial charge in [-0.1, -0.05) is 29.8 Å². The van der Waals surface area contributed by atoms with Gasteiger partial charge in [0.1, 0.15) is 6.17 Å². The van der Waals surface area contributed by atoms with E-state index in [4.69, 9.17) is 0 Å². The number of amides is 2. The minimum absolute atomic E-state index is 0.0787. The Hall–Kier alpha value is -4.20. The van der Waals surface area contributed by atoms with E-state index in [1.165, 1.54) is 24.3 Å². The fraction of sp³-hybridized carbons (Fsp3) is 0.231. The van der Waals surface area contributed by atoms with Crippen molar-refractivity contribution in [1.29, 1.82) is 0 Å². The third kappa shape index (κ3) is 4.47. The molecule has 2 amide bonds. The summed E-state index contributed by atoms with van der Waals surface area (Å²) in [6.45, 7) is 2.70. The number of aryl methyl sites for hydroxylation is 1. The molecule has 3 aromatic rings. The zero-order chi connectivity index (χ0) is 24.4. The quantitative estimate of drug-likeness (QED) is 0.421. The highest BCUT2D eigenvalue weighted by Gasteiger charge is 2.39. The fourth-order valence-electron chi connectivity index (χ4n) is 4.11. The van der Waals surface area contributed by atoms with Gasteiger partial charge in [0.25, 0.3) is 17.5 Å². The molecule has 8 nitrogen and oxygen atoms in total. The summed E-state index contributed by atoms with van der Waals surface area (Å²) in [5.41, 5.74) is 3.70. The Balaban J connectivity index is 1.70. The molecule has 3 aromatic carbocycles. The van der Waals surface area contributed by atoms with Gasteiger partial charge >= 0.3 is 0 Å². The van der Waals surface area contributed by atoms with Crippen molar-refractivity contribution in [3.63, 3.8) is 0 Å². The van der Waals surface area contributed by atoms with Crippen LogP contribution in [0.15, 0.2) is 72.8 Å². The number of carbonyl (C=O) groups is 2. The Bertz CT molecular complexity index is 1210. The number of non-ortho nitro benzene ring substituents is 1. The molecule has 0 radical (unpaired) electrons. The Morgan fingerprint density at radius 2 is 1.29 bits per heavy atom. The predicted molar refractivity (Wildman–Crippen MR) is 130 cm³/mol. The second-order valence-electron chi connectivity index (χ2n) is 8.53. The van der Waals surface area contributed by atoms with Crippen molar-refractivity contribution >= 4 is 23.2 Å². The highest BCUT2D eigenvalue weighted by Crippen LogP contribution is 2.34. The Labute approximate surface area is 198 Å². The smallest absolute Gasteiger partial charge is 0.269 e. The number of hydrogen-bond acceptors (Lipinski definition) is 5. The lowest BCUT2D eigenvalue weighted by Crippen LogP contribution is -2.38. The molecule has 1 fully saturated rings. The van der Waals surface area contributed by atoms with Gasteiger partial charge in [-0.15, -0.1) is 0 Å². The second kappa shape index (κ2) is 9.35. The van der Waals surface area contributed by atoms with Crippen molar-refractivity contribution in [1.82, 2.24) is 9.80 Å². The van der Waals surface area contributed by atoms with Crippen LogP contribution in [0.4, 0.5) is 11.4 Å². The van der Waals surface area contributed by atoms with Crippen LogP contribution in [0.2, 0.25) is 0 Å². The van der Waals surface area contributed by atoms with Gasteiger partial charge in [-0.3, -0.25) is 19.7 Å². The first-order valence-corrected chi connectivity index (χ1v) is 11.0. The Kier molecular flexibility index (Phi) is 6.32. The minimum atomic E-state index is -0.590.